The van der Waals surface area contributed by atoms with Crippen LogP contribution >= 0.6 is 11.3 Å². The highest BCUT2D eigenvalue weighted by molar-refractivity contribution is 7.19. The summed E-state index contributed by atoms with van der Waals surface area (Å²) in [5.41, 5.74) is 11.5. The van der Waals surface area contributed by atoms with Crippen molar-refractivity contribution in [2.45, 2.75) is 19.4 Å². The third-order valence-corrected chi connectivity index (χ3v) is 3.97. The van der Waals surface area contributed by atoms with Crippen molar-refractivity contribution in [1.29, 1.82) is 0 Å². The maximum atomic E-state index is 11.9. The third-order valence-electron chi connectivity index (χ3n) is 2.82. The van der Waals surface area contributed by atoms with Gasteiger partial charge >= 0.3 is 0 Å². The highest BCUT2D eigenvalue weighted by Crippen LogP contribution is 2.36. The minimum atomic E-state index is -0.648. The standard InChI is InChI=1S/C12H20N4O3S/c1-4-6(5-19-3)16-12-7(11(18)15-2)8(13)9(20-12)10(14)17/h6,16H,4-5,13H2,1-3H3,(H2,14,17)(H,15,18). The van der Waals surface area contributed by atoms with E-state index in [1.54, 1.807) is 7.11 Å². The number of methoxy groups -OCH3 is 1. The molecular weight excluding hydrogens is 280 g/mol. The highest BCUT2D eigenvalue weighted by atomic mass is 32.1. The molecule has 0 saturated heterocycles. The van der Waals surface area contributed by atoms with Crippen molar-refractivity contribution in [1.82, 2.24) is 5.32 Å². The van der Waals surface area contributed by atoms with Gasteiger partial charge in [0.1, 0.15) is 9.88 Å². The second-order valence-corrected chi connectivity index (χ2v) is 5.22. The SMILES string of the molecule is CCC(COC)Nc1sc(C(N)=O)c(N)c1C(=O)NC. The van der Waals surface area contributed by atoms with E-state index in [9.17, 15) is 9.59 Å². The predicted molar refractivity (Wildman–Crippen MR) is 80.2 cm³/mol. The zero-order chi connectivity index (χ0) is 15.3. The Labute approximate surface area is 121 Å². The lowest BCUT2D eigenvalue weighted by Gasteiger charge is -2.17. The Hall–Kier alpha value is -1.80. The van der Waals surface area contributed by atoms with E-state index in [0.717, 1.165) is 17.8 Å². The van der Waals surface area contributed by atoms with E-state index in [1.807, 2.05) is 6.92 Å². The first-order valence-electron chi connectivity index (χ1n) is 6.15. The van der Waals surface area contributed by atoms with E-state index >= 15 is 0 Å². The van der Waals surface area contributed by atoms with Gasteiger partial charge < -0.3 is 26.8 Å². The molecule has 6 N–H and O–H groups in total. The minimum absolute atomic E-state index is 0.0159. The Bertz CT molecular complexity index is 501. The molecule has 1 aromatic heterocycles. The number of nitrogens with one attached hydrogen (secondary N) is 2. The molecule has 1 unspecified atom stereocenters. The molecule has 0 fully saturated rings. The fraction of sp³-hybridized carbons (Fsp3) is 0.500. The molecule has 0 aliphatic carbocycles. The molecule has 7 nitrogen and oxygen atoms in total. The summed E-state index contributed by atoms with van der Waals surface area (Å²) in [6.07, 6.45) is 0.796. The van der Waals surface area contributed by atoms with Gasteiger partial charge in [-0.3, -0.25) is 9.59 Å². The van der Waals surface area contributed by atoms with Gasteiger partial charge in [-0.05, 0) is 6.42 Å². The summed E-state index contributed by atoms with van der Waals surface area (Å²) < 4.78 is 5.10. The summed E-state index contributed by atoms with van der Waals surface area (Å²) in [5.74, 6) is -1.01. The molecule has 0 aliphatic heterocycles. The molecule has 2 amide bonds. The smallest absolute Gasteiger partial charge is 0.260 e. The van der Waals surface area contributed by atoms with Crippen LogP contribution in [0.5, 0.6) is 0 Å². The lowest BCUT2D eigenvalue weighted by molar-refractivity contribution is 0.0964. The van der Waals surface area contributed by atoms with Crippen molar-refractivity contribution in [2.24, 2.45) is 5.73 Å². The van der Waals surface area contributed by atoms with E-state index in [1.165, 1.54) is 7.05 Å². The highest BCUT2D eigenvalue weighted by Gasteiger charge is 2.25. The van der Waals surface area contributed by atoms with Crippen LogP contribution in [0.3, 0.4) is 0 Å². The number of primary amides is 1. The molecule has 0 saturated carbocycles. The minimum Gasteiger partial charge on any atom is -0.397 e. The van der Waals surface area contributed by atoms with Gasteiger partial charge in [0.2, 0.25) is 0 Å². The average molecular weight is 300 g/mol. The molecule has 20 heavy (non-hydrogen) atoms. The Morgan fingerprint density at radius 3 is 2.55 bits per heavy atom. The van der Waals surface area contributed by atoms with Crippen LogP contribution in [-0.2, 0) is 4.74 Å². The van der Waals surface area contributed by atoms with Crippen LogP contribution in [0, 0.1) is 0 Å². The molecule has 0 aliphatic rings. The molecule has 1 heterocycles. The molecule has 0 spiro atoms. The fourth-order valence-electron chi connectivity index (χ4n) is 1.73. The summed E-state index contributed by atoms with van der Waals surface area (Å²) in [5, 5.41) is 6.20. The quantitative estimate of drug-likeness (QED) is 0.588. The number of carbonyl (C=O) groups excluding carboxylic acids is 2. The van der Waals surface area contributed by atoms with E-state index < -0.39 is 5.91 Å². The number of carbonyl (C=O) groups is 2. The normalized spacial score (nSPS) is 11.9. The Balaban J connectivity index is 3.19. The van der Waals surface area contributed by atoms with E-state index in [0.29, 0.717) is 11.6 Å². The van der Waals surface area contributed by atoms with Gasteiger partial charge in [-0.1, -0.05) is 6.92 Å². The van der Waals surface area contributed by atoms with Crippen LogP contribution in [-0.4, -0.2) is 38.6 Å². The van der Waals surface area contributed by atoms with E-state index in [2.05, 4.69) is 10.6 Å². The first-order valence-corrected chi connectivity index (χ1v) is 6.97. The molecule has 8 heteroatoms. The Kier molecular flexibility index (Phi) is 5.78. The van der Waals surface area contributed by atoms with Gasteiger partial charge in [-0.2, -0.15) is 0 Å². The van der Waals surface area contributed by atoms with Crippen molar-refractivity contribution >= 4 is 33.8 Å². The molecule has 112 valence electrons. The number of nitrogen functional groups attached to an aromatic ring is 1. The zero-order valence-electron chi connectivity index (χ0n) is 11.8. The van der Waals surface area contributed by atoms with Crippen molar-refractivity contribution in [3.8, 4) is 0 Å². The molecule has 1 atom stereocenters. The number of nitrogens with two attached hydrogens (primary N) is 2. The van der Waals surface area contributed by atoms with Crippen LogP contribution in [0.4, 0.5) is 10.7 Å². The predicted octanol–water partition coefficient (Wildman–Crippen LogP) is 0.626. The van der Waals surface area contributed by atoms with Crippen molar-refractivity contribution in [3.63, 3.8) is 0 Å². The molecule has 1 aromatic rings. The maximum absolute atomic E-state index is 11.9. The Morgan fingerprint density at radius 2 is 2.10 bits per heavy atom. The van der Waals surface area contributed by atoms with Gasteiger partial charge in [0.05, 0.1) is 17.9 Å². The molecule has 0 aromatic carbocycles. The third kappa shape index (κ3) is 3.40. The number of hydrogen-bond acceptors (Lipinski definition) is 6. The first kappa shape index (κ1) is 16.3. The number of hydrogen-bond donors (Lipinski definition) is 4. The summed E-state index contributed by atoms with van der Waals surface area (Å²) in [6, 6.07) is 0.0159. The van der Waals surface area contributed by atoms with Crippen LogP contribution in [0.15, 0.2) is 0 Å². The topological polar surface area (TPSA) is 119 Å². The van der Waals surface area contributed by atoms with Gasteiger partial charge in [-0.15, -0.1) is 11.3 Å². The van der Waals surface area contributed by atoms with E-state index in [4.69, 9.17) is 16.2 Å². The van der Waals surface area contributed by atoms with Gasteiger partial charge in [0.15, 0.2) is 0 Å². The lowest BCUT2D eigenvalue weighted by Crippen LogP contribution is -2.26. The van der Waals surface area contributed by atoms with Crippen LogP contribution in [0.2, 0.25) is 0 Å². The van der Waals surface area contributed by atoms with Crippen LogP contribution < -0.4 is 22.1 Å². The van der Waals surface area contributed by atoms with Gasteiger partial charge in [0, 0.05) is 20.2 Å². The number of thiophene rings is 1. The number of rotatable bonds is 7. The fourth-order valence-corrected chi connectivity index (χ4v) is 2.77. The first-order chi connectivity index (χ1) is 9.46. The molecule has 0 bridgehead atoms. The number of ether oxygens (including phenoxy) is 1. The summed E-state index contributed by atoms with van der Waals surface area (Å²) in [6.45, 7) is 2.47. The number of anilines is 2. The lowest BCUT2D eigenvalue weighted by atomic mass is 10.2. The van der Waals surface area contributed by atoms with Gasteiger partial charge in [0.25, 0.3) is 11.8 Å². The van der Waals surface area contributed by atoms with Crippen molar-refractivity contribution < 1.29 is 14.3 Å². The molecule has 0 radical (unpaired) electrons. The average Bonchev–Trinajstić information content (AvgIpc) is 2.74. The maximum Gasteiger partial charge on any atom is 0.260 e. The summed E-state index contributed by atoms with van der Waals surface area (Å²) in [7, 11) is 3.10. The van der Waals surface area contributed by atoms with Crippen molar-refractivity contribution in [3.05, 3.63) is 10.4 Å². The second-order valence-electron chi connectivity index (χ2n) is 4.20. The zero-order valence-corrected chi connectivity index (χ0v) is 12.6. The van der Waals surface area contributed by atoms with Crippen LogP contribution in [0.25, 0.3) is 0 Å². The van der Waals surface area contributed by atoms with E-state index in [-0.39, 0.29) is 28.1 Å². The van der Waals surface area contributed by atoms with Crippen molar-refractivity contribution in [2.75, 3.05) is 31.8 Å². The molecule has 1 rings (SSSR count). The summed E-state index contributed by atoms with van der Waals surface area (Å²) >= 11 is 1.08. The van der Waals surface area contributed by atoms with Gasteiger partial charge in [-0.25, -0.2) is 0 Å². The Morgan fingerprint density at radius 1 is 1.45 bits per heavy atom. The number of amides is 2. The molecular formula is C12H20N4O3S. The monoisotopic (exact) mass is 300 g/mol. The second kappa shape index (κ2) is 7.11. The summed E-state index contributed by atoms with van der Waals surface area (Å²) in [4.78, 5) is 23.4. The van der Waals surface area contributed by atoms with Crippen LogP contribution in [0.1, 0.15) is 33.4 Å². The largest absolute Gasteiger partial charge is 0.397 e.